The molecule has 0 aliphatic carbocycles. The predicted molar refractivity (Wildman–Crippen MR) is 75.8 cm³/mol. The van der Waals surface area contributed by atoms with Gasteiger partial charge in [-0.25, -0.2) is 9.52 Å². The molecule has 3 rings (SSSR count). The number of nitrogens with one attached hydrogen (secondary N) is 1. The molecule has 0 atom stereocenters. The van der Waals surface area contributed by atoms with Gasteiger partial charge >= 0.3 is 6.09 Å². The molecule has 1 amide bonds. The van der Waals surface area contributed by atoms with Crippen LogP contribution in [0.3, 0.4) is 0 Å². The first-order chi connectivity index (χ1) is 10.5. The van der Waals surface area contributed by atoms with Crippen molar-refractivity contribution < 1.29 is 22.3 Å². The number of ether oxygens (including phenoxy) is 1. The van der Waals surface area contributed by atoms with Crippen LogP contribution in [0.5, 0.6) is 5.75 Å². The molecule has 0 aliphatic rings. The standard InChI is InChI=1S/C12H8FN3O4S2/c13-9-10(16-6-7-21-11(16)14-9)22(18,19)15-12(17)20-8-4-2-1-3-5-8/h1-7H,(H,15,17). The first-order valence-corrected chi connectivity index (χ1v) is 8.24. The number of aromatic nitrogens is 2. The van der Waals surface area contributed by atoms with Gasteiger partial charge in [0.2, 0.25) is 5.03 Å². The molecule has 22 heavy (non-hydrogen) atoms. The topological polar surface area (TPSA) is 89.8 Å². The van der Waals surface area contributed by atoms with Crippen molar-refractivity contribution in [1.82, 2.24) is 14.1 Å². The van der Waals surface area contributed by atoms with E-state index in [1.165, 1.54) is 18.3 Å². The Labute approximate surface area is 128 Å². The third-order valence-corrected chi connectivity index (χ3v) is 4.67. The number of benzene rings is 1. The molecule has 1 aromatic carbocycles. The molecule has 3 aromatic rings. The van der Waals surface area contributed by atoms with Crippen LogP contribution in [0.1, 0.15) is 0 Å². The van der Waals surface area contributed by atoms with Gasteiger partial charge in [-0.2, -0.15) is 17.8 Å². The second-order valence-corrected chi connectivity index (χ2v) is 6.54. The van der Waals surface area contributed by atoms with Crippen LogP contribution in [0.2, 0.25) is 0 Å². The van der Waals surface area contributed by atoms with Crippen LogP contribution in [-0.2, 0) is 10.0 Å². The minimum absolute atomic E-state index is 0.157. The summed E-state index contributed by atoms with van der Waals surface area (Å²) in [5.74, 6) is -1.03. The van der Waals surface area contributed by atoms with Crippen molar-refractivity contribution in [3.63, 3.8) is 0 Å². The number of hydrogen-bond acceptors (Lipinski definition) is 6. The summed E-state index contributed by atoms with van der Waals surface area (Å²) in [5.41, 5.74) is 0. The average Bonchev–Trinajstić information content (AvgIpc) is 2.98. The minimum Gasteiger partial charge on any atom is -0.410 e. The van der Waals surface area contributed by atoms with Crippen LogP contribution >= 0.6 is 11.3 Å². The van der Waals surface area contributed by atoms with Crippen molar-refractivity contribution in [3.8, 4) is 5.75 Å². The molecule has 0 saturated heterocycles. The summed E-state index contributed by atoms with van der Waals surface area (Å²) in [6.45, 7) is 0. The fraction of sp³-hybridized carbons (Fsp3) is 0. The summed E-state index contributed by atoms with van der Waals surface area (Å²) < 4.78 is 45.4. The summed E-state index contributed by atoms with van der Waals surface area (Å²) in [4.78, 5) is 15.3. The maximum Gasteiger partial charge on any atom is 0.426 e. The number of amides is 1. The number of fused-ring (bicyclic) bond motifs is 1. The summed E-state index contributed by atoms with van der Waals surface area (Å²) in [6, 6.07) is 7.88. The molecule has 114 valence electrons. The number of nitrogens with zero attached hydrogens (tertiary/aromatic N) is 2. The van der Waals surface area contributed by atoms with E-state index < -0.39 is 27.1 Å². The van der Waals surface area contributed by atoms with E-state index in [4.69, 9.17) is 4.74 Å². The van der Waals surface area contributed by atoms with E-state index in [2.05, 4.69) is 4.98 Å². The molecule has 10 heteroatoms. The monoisotopic (exact) mass is 341 g/mol. The zero-order valence-electron chi connectivity index (χ0n) is 10.8. The molecule has 0 saturated carbocycles. The number of imidazole rings is 1. The number of hydrogen-bond donors (Lipinski definition) is 1. The van der Waals surface area contributed by atoms with E-state index in [-0.39, 0.29) is 10.7 Å². The Morgan fingerprint density at radius 2 is 2.05 bits per heavy atom. The smallest absolute Gasteiger partial charge is 0.410 e. The fourth-order valence-electron chi connectivity index (χ4n) is 1.75. The maximum absolute atomic E-state index is 13.7. The summed E-state index contributed by atoms with van der Waals surface area (Å²) in [7, 11) is -4.46. The average molecular weight is 341 g/mol. The lowest BCUT2D eigenvalue weighted by Gasteiger charge is -2.06. The number of carbonyl (C=O) groups excluding carboxylic acids is 1. The number of carbonyl (C=O) groups is 1. The number of para-hydroxylation sites is 1. The van der Waals surface area contributed by atoms with E-state index in [9.17, 15) is 17.6 Å². The largest absolute Gasteiger partial charge is 0.426 e. The lowest BCUT2D eigenvalue weighted by Crippen LogP contribution is -2.34. The van der Waals surface area contributed by atoms with E-state index in [1.807, 2.05) is 0 Å². The molecular weight excluding hydrogens is 333 g/mol. The molecule has 0 bridgehead atoms. The van der Waals surface area contributed by atoms with E-state index in [1.54, 1.807) is 28.3 Å². The van der Waals surface area contributed by atoms with Crippen molar-refractivity contribution in [2.75, 3.05) is 0 Å². The Hall–Kier alpha value is -2.46. The van der Waals surface area contributed by atoms with E-state index in [0.29, 0.717) is 0 Å². The van der Waals surface area contributed by atoms with E-state index >= 15 is 0 Å². The molecule has 0 unspecified atom stereocenters. The van der Waals surface area contributed by atoms with Crippen LogP contribution < -0.4 is 9.46 Å². The number of thiazole rings is 1. The Morgan fingerprint density at radius 3 is 2.77 bits per heavy atom. The molecule has 0 aliphatic heterocycles. The molecular formula is C12H8FN3O4S2. The first-order valence-electron chi connectivity index (χ1n) is 5.88. The van der Waals surface area contributed by atoms with Gasteiger partial charge in [-0.1, -0.05) is 18.2 Å². The van der Waals surface area contributed by atoms with Crippen LogP contribution in [0.25, 0.3) is 4.96 Å². The van der Waals surface area contributed by atoms with Crippen molar-refractivity contribution >= 4 is 32.4 Å². The van der Waals surface area contributed by atoms with Crippen molar-refractivity contribution in [1.29, 1.82) is 0 Å². The molecule has 7 nitrogen and oxygen atoms in total. The van der Waals surface area contributed by atoms with Gasteiger partial charge in [0.1, 0.15) is 5.75 Å². The second-order valence-electron chi connectivity index (χ2n) is 4.07. The van der Waals surface area contributed by atoms with Gasteiger partial charge in [-0.15, -0.1) is 11.3 Å². The molecule has 0 radical (unpaired) electrons. The third-order valence-electron chi connectivity index (χ3n) is 2.60. The highest BCUT2D eigenvalue weighted by atomic mass is 32.2. The quantitative estimate of drug-likeness (QED) is 0.787. The zero-order chi connectivity index (χ0) is 15.7. The zero-order valence-corrected chi connectivity index (χ0v) is 12.4. The first kappa shape index (κ1) is 14.5. The maximum atomic E-state index is 13.7. The van der Waals surface area contributed by atoms with Gasteiger partial charge in [0, 0.05) is 11.6 Å². The molecule has 2 aromatic heterocycles. The second kappa shape index (κ2) is 5.39. The van der Waals surface area contributed by atoms with Crippen molar-refractivity contribution in [2.24, 2.45) is 0 Å². The Morgan fingerprint density at radius 1 is 1.32 bits per heavy atom. The van der Waals surface area contributed by atoms with Crippen LogP contribution in [0.15, 0.2) is 46.9 Å². The normalized spacial score (nSPS) is 11.5. The minimum atomic E-state index is -4.46. The number of rotatable bonds is 3. The van der Waals surface area contributed by atoms with Gasteiger partial charge < -0.3 is 4.74 Å². The molecule has 2 heterocycles. The summed E-state index contributed by atoms with van der Waals surface area (Å²) in [6.07, 6.45) is 0.100. The highest BCUT2D eigenvalue weighted by Crippen LogP contribution is 2.20. The fourth-order valence-corrected chi connectivity index (χ4v) is 3.55. The van der Waals surface area contributed by atoms with Crippen molar-refractivity contribution in [2.45, 2.75) is 5.03 Å². The SMILES string of the molecule is O=C(NS(=O)(=O)c1c(F)nc2sccn12)Oc1ccccc1. The number of halogens is 1. The lowest BCUT2D eigenvalue weighted by molar-refractivity contribution is 0.206. The van der Waals surface area contributed by atoms with Gasteiger partial charge in [0.15, 0.2) is 4.96 Å². The number of sulfonamides is 1. The Balaban J connectivity index is 1.86. The molecule has 1 N–H and O–H groups in total. The van der Waals surface area contributed by atoms with Crippen LogP contribution in [0, 0.1) is 5.95 Å². The predicted octanol–water partition coefficient (Wildman–Crippen LogP) is 2.01. The summed E-state index contributed by atoms with van der Waals surface area (Å²) in [5, 5.41) is 0.803. The van der Waals surface area contributed by atoms with Gasteiger partial charge in [-0.3, -0.25) is 4.40 Å². The summed E-state index contributed by atoms with van der Waals surface area (Å²) >= 11 is 1.06. The Bertz CT molecular complexity index is 934. The van der Waals surface area contributed by atoms with Crippen molar-refractivity contribution in [3.05, 3.63) is 47.9 Å². The molecule has 0 spiro atoms. The van der Waals surface area contributed by atoms with Crippen LogP contribution in [0.4, 0.5) is 9.18 Å². The van der Waals surface area contributed by atoms with Gasteiger partial charge in [0.05, 0.1) is 0 Å². The van der Waals surface area contributed by atoms with Gasteiger partial charge in [0.25, 0.3) is 16.0 Å². The third kappa shape index (κ3) is 2.65. The van der Waals surface area contributed by atoms with E-state index in [0.717, 1.165) is 15.7 Å². The molecule has 0 fully saturated rings. The highest BCUT2D eigenvalue weighted by Gasteiger charge is 2.28. The van der Waals surface area contributed by atoms with Crippen LogP contribution in [-0.4, -0.2) is 23.9 Å². The highest BCUT2D eigenvalue weighted by molar-refractivity contribution is 7.90. The Kier molecular flexibility index (Phi) is 3.54. The van der Waals surface area contributed by atoms with Gasteiger partial charge in [-0.05, 0) is 12.1 Å². The lowest BCUT2D eigenvalue weighted by atomic mass is 10.3.